The van der Waals surface area contributed by atoms with Crippen LogP contribution < -0.4 is 5.32 Å². The second-order valence-corrected chi connectivity index (χ2v) is 6.31. The molecule has 2 amide bonds. The minimum Gasteiger partial charge on any atom is -0.335 e. The second kappa shape index (κ2) is 7.21. The predicted octanol–water partition coefficient (Wildman–Crippen LogP) is 2.73. The van der Waals surface area contributed by atoms with Crippen LogP contribution in [0.2, 0.25) is 0 Å². The van der Waals surface area contributed by atoms with Gasteiger partial charge in [-0.05, 0) is 51.1 Å². The summed E-state index contributed by atoms with van der Waals surface area (Å²) < 4.78 is 39.3. The van der Waals surface area contributed by atoms with E-state index in [1.54, 1.807) is 0 Å². The van der Waals surface area contributed by atoms with Crippen molar-refractivity contribution >= 4 is 6.03 Å². The molecular weight excluding hydrogens is 307 g/mol. The van der Waals surface area contributed by atoms with E-state index in [0.717, 1.165) is 31.4 Å². The van der Waals surface area contributed by atoms with Gasteiger partial charge in [0, 0.05) is 25.7 Å². The van der Waals surface area contributed by atoms with Crippen LogP contribution in [0.25, 0.3) is 0 Å². The van der Waals surface area contributed by atoms with Crippen molar-refractivity contribution in [3.8, 4) is 0 Å². The summed E-state index contributed by atoms with van der Waals surface area (Å²) in [6.07, 6.45) is 2.81. The highest BCUT2D eigenvalue weighted by Gasteiger charge is 2.27. The van der Waals surface area contributed by atoms with Crippen LogP contribution in [0.4, 0.5) is 18.0 Å². The monoisotopic (exact) mass is 329 g/mol. The molecule has 0 spiro atoms. The molecule has 0 heterocycles. The van der Waals surface area contributed by atoms with E-state index in [1.807, 2.05) is 14.1 Å². The summed E-state index contributed by atoms with van der Waals surface area (Å²) in [6, 6.07) is 2.05. The summed E-state index contributed by atoms with van der Waals surface area (Å²) in [5.74, 6) is -4.00. The van der Waals surface area contributed by atoms with Crippen molar-refractivity contribution in [3.05, 3.63) is 35.1 Å². The first kappa shape index (κ1) is 17.6. The van der Waals surface area contributed by atoms with E-state index < -0.39 is 17.5 Å². The Morgan fingerprint density at radius 2 is 1.78 bits per heavy atom. The lowest BCUT2D eigenvalue weighted by atomic mass is 10.2. The highest BCUT2D eigenvalue weighted by atomic mass is 19.2. The minimum atomic E-state index is -1.50. The molecule has 0 unspecified atom stereocenters. The van der Waals surface area contributed by atoms with Gasteiger partial charge in [-0.2, -0.15) is 0 Å². The van der Waals surface area contributed by atoms with E-state index in [2.05, 4.69) is 10.2 Å². The number of carbonyl (C=O) groups is 1. The SMILES string of the molecule is CN(Cc1cc(F)c(F)c(F)c1)C(=O)N[C@@H]1CC[C@H](N(C)C)C1. The molecule has 0 aliphatic heterocycles. The number of halogens is 3. The summed E-state index contributed by atoms with van der Waals surface area (Å²) in [7, 11) is 5.56. The van der Waals surface area contributed by atoms with Gasteiger partial charge in [0.15, 0.2) is 17.5 Å². The third kappa shape index (κ3) is 4.37. The number of rotatable bonds is 4. The van der Waals surface area contributed by atoms with Crippen molar-refractivity contribution < 1.29 is 18.0 Å². The second-order valence-electron chi connectivity index (χ2n) is 6.31. The fourth-order valence-corrected chi connectivity index (χ4v) is 2.89. The summed E-state index contributed by atoms with van der Waals surface area (Å²) in [5, 5.41) is 2.92. The van der Waals surface area contributed by atoms with Gasteiger partial charge in [0.2, 0.25) is 0 Å². The van der Waals surface area contributed by atoms with Crippen LogP contribution in [-0.4, -0.2) is 49.1 Å². The number of urea groups is 1. The van der Waals surface area contributed by atoms with Crippen molar-refractivity contribution in [2.24, 2.45) is 0 Å². The van der Waals surface area contributed by atoms with Crippen LogP contribution >= 0.6 is 0 Å². The number of nitrogens with one attached hydrogen (secondary N) is 1. The molecule has 1 aliphatic rings. The first-order chi connectivity index (χ1) is 10.8. The highest BCUT2D eigenvalue weighted by molar-refractivity contribution is 5.74. The topological polar surface area (TPSA) is 35.6 Å². The zero-order chi connectivity index (χ0) is 17.1. The van der Waals surface area contributed by atoms with Crippen LogP contribution in [-0.2, 0) is 6.54 Å². The molecule has 2 atom stereocenters. The first-order valence-electron chi connectivity index (χ1n) is 7.59. The third-order valence-electron chi connectivity index (χ3n) is 4.27. The van der Waals surface area contributed by atoms with Gasteiger partial charge in [-0.15, -0.1) is 0 Å². The molecule has 4 nitrogen and oxygen atoms in total. The molecule has 7 heteroatoms. The Labute approximate surface area is 134 Å². The number of hydrogen-bond acceptors (Lipinski definition) is 2. The maximum Gasteiger partial charge on any atom is 0.317 e. The molecule has 1 aromatic carbocycles. The number of amides is 2. The quantitative estimate of drug-likeness (QED) is 0.862. The molecule has 0 radical (unpaired) electrons. The van der Waals surface area contributed by atoms with Crippen LogP contribution in [0.5, 0.6) is 0 Å². The normalized spacial score (nSPS) is 20.8. The molecule has 0 bridgehead atoms. The van der Waals surface area contributed by atoms with Crippen molar-refractivity contribution in [2.45, 2.75) is 37.9 Å². The fraction of sp³-hybridized carbons (Fsp3) is 0.562. The van der Waals surface area contributed by atoms with Gasteiger partial charge in [0.25, 0.3) is 0 Å². The van der Waals surface area contributed by atoms with Gasteiger partial charge >= 0.3 is 6.03 Å². The molecule has 1 aliphatic carbocycles. The maximum atomic E-state index is 13.2. The van der Waals surface area contributed by atoms with Crippen molar-refractivity contribution in [1.29, 1.82) is 0 Å². The van der Waals surface area contributed by atoms with Crippen LogP contribution in [0.15, 0.2) is 12.1 Å². The highest BCUT2D eigenvalue weighted by Crippen LogP contribution is 2.22. The van der Waals surface area contributed by atoms with Gasteiger partial charge < -0.3 is 15.1 Å². The molecule has 0 aromatic heterocycles. The standard InChI is InChI=1S/C16H22F3N3O/c1-21(2)12-5-4-11(8-12)20-16(23)22(3)9-10-6-13(17)15(19)14(18)7-10/h6-7,11-12H,4-5,8-9H2,1-3H3,(H,20,23)/t11-,12+/m1/s1. The Balaban J connectivity index is 1.91. The summed E-state index contributed by atoms with van der Waals surface area (Å²) in [6.45, 7) is 0.00375. The Bertz CT molecular complexity index is 557. The van der Waals surface area contributed by atoms with Gasteiger partial charge in [-0.1, -0.05) is 0 Å². The van der Waals surface area contributed by atoms with E-state index in [-0.39, 0.29) is 24.2 Å². The molecule has 128 valence electrons. The van der Waals surface area contributed by atoms with Crippen LogP contribution in [0, 0.1) is 17.5 Å². The molecule has 2 rings (SSSR count). The Morgan fingerprint density at radius 1 is 1.17 bits per heavy atom. The van der Waals surface area contributed by atoms with Gasteiger partial charge in [-0.25, -0.2) is 18.0 Å². The Morgan fingerprint density at radius 3 is 2.30 bits per heavy atom. The van der Waals surface area contributed by atoms with E-state index in [9.17, 15) is 18.0 Å². The fourth-order valence-electron chi connectivity index (χ4n) is 2.89. The van der Waals surface area contributed by atoms with Gasteiger partial charge in [0.05, 0.1) is 0 Å². The lowest BCUT2D eigenvalue weighted by molar-refractivity contribution is 0.201. The molecule has 1 fully saturated rings. The number of carbonyl (C=O) groups excluding carboxylic acids is 1. The average Bonchev–Trinajstić information content (AvgIpc) is 2.93. The molecule has 0 saturated heterocycles. The molecule has 1 aromatic rings. The number of benzene rings is 1. The lowest BCUT2D eigenvalue weighted by Crippen LogP contribution is -2.42. The lowest BCUT2D eigenvalue weighted by Gasteiger charge is -2.22. The zero-order valence-electron chi connectivity index (χ0n) is 13.6. The van der Waals surface area contributed by atoms with Gasteiger partial charge in [-0.3, -0.25) is 0 Å². The van der Waals surface area contributed by atoms with Crippen LogP contribution in [0.1, 0.15) is 24.8 Å². The summed E-state index contributed by atoms with van der Waals surface area (Å²) >= 11 is 0. The predicted molar refractivity (Wildman–Crippen MR) is 81.4 cm³/mol. The van der Waals surface area contributed by atoms with Crippen molar-refractivity contribution in [2.75, 3.05) is 21.1 Å². The summed E-state index contributed by atoms with van der Waals surface area (Å²) in [5.41, 5.74) is 0.205. The molecular formula is C16H22F3N3O. The smallest absolute Gasteiger partial charge is 0.317 e. The minimum absolute atomic E-state index is 0.00375. The third-order valence-corrected chi connectivity index (χ3v) is 4.27. The van der Waals surface area contributed by atoms with Crippen LogP contribution in [0.3, 0.4) is 0 Å². The number of hydrogen-bond donors (Lipinski definition) is 1. The van der Waals surface area contributed by atoms with E-state index in [0.29, 0.717) is 6.04 Å². The average molecular weight is 329 g/mol. The van der Waals surface area contributed by atoms with Gasteiger partial charge in [0.1, 0.15) is 0 Å². The van der Waals surface area contributed by atoms with E-state index in [4.69, 9.17) is 0 Å². The number of nitrogens with zero attached hydrogens (tertiary/aromatic N) is 2. The van der Waals surface area contributed by atoms with E-state index >= 15 is 0 Å². The molecule has 1 saturated carbocycles. The zero-order valence-corrected chi connectivity index (χ0v) is 13.6. The first-order valence-corrected chi connectivity index (χ1v) is 7.59. The molecule has 23 heavy (non-hydrogen) atoms. The summed E-state index contributed by atoms with van der Waals surface area (Å²) in [4.78, 5) is 15.6. The largest absolute Gasteiger partial charge is 0.335 e. The van der Waals surface area contributed by atoms with Crippen molar-refractivity contribution in [1.82, 2.24) is 15.1 Å². The van der Waals surface area contributed by atoms with E-state index in [1.165, 1.54) is 11.9 Å². The Hall–Kier alpha value is -1.76. The molecule has 1 N–H and O–H groups in total. The Kier molecular flexibility index (Phi) is 5.51. The van der Waals surface area contributed by atoms with Crippen molar-refractivity contribution in [3.63, 3.8) is 0 Å². The maximum absolute atomic E-state index is 13.2.